The summed E-state index contributed by atoms with van der Waals surface area (Å²) in [5.74, 6) is 1.81. The van der Waals surface area contributed by atoms with E-state index in [9.17, 15) is 0 Å². The van der Waals surface area contributed by atoms with Crippen molar-refractivity contribution in [2.24, 2.45) is 0 Å². The van der Waals surface area contributed by atoms with Crippen molar-refractivity contribution in [3.05, 3.63) is 12.4 Å². The van der Waals surface area contributed by atoms with Crippen LogP contribution in [0, 0.1) is 0 Å². The molecule has 72 valence electrons. The van der Waals surface area contributed by atoms with Crippen LogP contribution in [0.4, 0.5) is 11.6 Å². The molecule has 0 aliphatic heterocycles. The molecule has 0 unspecified atom stereocenters. The quantitative estimate of drug-likeness (QED) is 0.759. The third kappa shape index (κ3) is 2.57. The van der Waals surface area contributed by atoms with Gasteiger partial charge < -0.3 is 10.2 Å². The fourth-order valence-corrected chi connectivity index (χ4v) is 1.14. The lowest BCUT2D eigenvalue weighted by molar-refractivity contribution is 0.835. The van der Waals surface area contributed by atoms with Crippen LogP contribution in [0.25, 0.3) is 0 Å². The summed E-state index contributed by atoms with van der Waals surface area (Å²) in [5.41, 5.74) is 0. The van der Waals surface area contributed by atoms with Gasteiger partial charge in [0.25, 0.3) is 0 Å². The molecule has 0 spiro atoms. The van der Waals surface area contributed by atoms with E-state index >= 15 is 0 Å². The van der Waals surface area contributed by atoms with E-state index in [1.165, 1.54) is 0 Å². The second-order valence-electron chi connectivity index (χ2n) is 2.93. The molecule has 0 saturated carbocycles. The smallest absolute Gasteiger partial charge is 0.133 e. The molecule has 1 heterocycles. The zero-order valence-electron chi connectivity index (χ0n) is 8.41. The number of hydrogen-bond acceptors (Lipinski definition) is 4. The van der Waals surface area contributed by atoms with Crippen LogP contribution in [-0.2, 0) is 0 Å². The number of hydrogen-bond donors (Lipinski definition) is 1. The Balaban J connectivity index is 2.75. The van der Waals surface area contributed by atoms with E-state index in [4.69, 9.17) is 0 Å². The Kier molecular flexibility index (Phi) is 3.49. The van der Waals surface area contributed by atoms with Crippen LogP contribution in [-0.4, -0.2) is 30.6 Å². The Morgan fingerprint density at radius 3 is 2.85 bits per heavy atom. The van der Waals surface area contributed by atoms with Gasteiger partial charge in [-0.3, -0.25) is 0 Å². The van der Waals surface area contributed by atoms with Gasteiger partial charge in [0.2, 0.25) is 0 Å². The first-order valence-corrected chi connectivity index (χ1v) is 4.49. The van der Waals surface area contributed by atoms with Crippen molar-refractivity contribution in [2.45, 2.75) is 13.3 Å². The normalized spacial score (nSPS) is 9.77. The van der Waals surface area contributed by atoms with E-state index in [-0.39, 0.29) is 0 Å². The summed E-state index contributed by atoms with van der Waals surface area (Å²) in [7, 11) is 3.89. The maximum atomic E-state index is 4.18. The average Bonchev–Trinajstić information content (AvgIpc) is 2.18. The molecular formula is C9H16N4. The molecule has 1 aromatic heterocycles. The summed E-state index contributed by atoms with van der Waals surface area (Å²) >= 11 is 0. The van der Waals surface area contributed by atoms with Gasteiger partial charge >= 0.3 is 0 Å². The molecule has 0 aromatic carbocycles. The van der Waals surface area contributed by atoms with E-state index in [0.29, 0.717) is 0 Å². The Hall–Kier alpha value is -1.32. The number of aromatic nitrogens is 2. The number of rotatable bonds is 4. The minimum Gasteiger partial charge on any atom is -0.373 e. The van der Waals surface area contributed by atoms with Crippen molar-refractivity contribution in [1.82, 2.24) is 9.97 Å². The van der Waals surface area contributed by atoms with Crippen molar-refractivity contribution in [3.8, 4) is 0 Å². The molecule has 13 heavy (non-hydrogen) atoms. The predicted molar refractivity (Wildman–Crippen MR) is 55.1 cm³/mol. The van der Waals surface area contributed by atoms with Gasteiger partial charge in [0.15, 0.2) is 0 Å². The lowest BCUT2D eigenvalue weighted by Gasteiger charge is -2.16. The van der Waals surface area contributed by atoms with Gasteiger partial charge in [-0.2, -0.15) is 0 Å². The monoisotopic (exact) mass is 180 g/mol. The van der Waals surface area contributed by atoms with Crippen LogP contribution in [0.1, 0.15) is 13.3 Å². The van der Waals surface area contributed by atoms with Gasteiger partial charge in [0, 0.05) is 26.7 Å². The topological polar surface area (TPSA) is 41.0 Å². The molecular weight excluding hydrogens is 164 g/mol. The Morgan fingerprint density at radius 1 is 1.46 bits per heavy atom. The van der Waals surface area contributed by atoms with Crippen LogP contribution in [0.2, 0.25) is 0 Å². The second kappa shape index (κ2) is 4.64. The third-order valence-electron chi connectivity index (χ3n) is 1.86. The van der Waals surface area contributed by atoms with Crippen molar-refractivity contribution in [3.63, 3.8) is 0 Å². The van der Waals surface area contributed by atoms with E-state index in [0.717, 1.165) is 24.6 Å². The van der Waals surface area contributed by atoms with E-state index in [1.54, 1.807) is 6.33 Å². The maximum absolute atomic E-state index is 4.18. The highest BCUT2D eigenvalue weighted by atomic mass is 15.2. The first-order chi connectivity index (χ1) is 6.27. The van der Waals surface area contributed by atoms with Gasteiger partial charge in [-0.05, 0) is 6.42 Å². The highest BCUT2D eigenvalue weighted by Crippen LogP contribution is 2.11. The highest BCUT2D eigenvalue weighted by Gasteiger charge is 2.01. The lowest BCUT2D eigenvalue weighted by atomic mass is 10.4. The van der Waals surface area contributed by atoms with Crippen molar-refractivity contribution in [2.75, 3.05) is 30.9 Å². The number of nitrogens with one attached hydrogen (secondary N) is 1. The van der Waals surface area contributed by atoms with Crippen LogP contribution < -0.4 is 10.2 Å². The Bertz CT molecular complexity index is 262. The zero-order valence-corrected chi connectivity index (χ0v) is 8.41. The molecule has 0 aliphatic rings. The first-order valence-electron chi connectivity index (χ1n) is 4.49. The molecule has 0 amide bonds. The summed E-state index contributed by atoms with van der Waals surface area (Å²) in [4.78, 5) is 10.3. The summed E-state index contributed by atoms with van der Waals surface area (Å²) < 4.78 is 0. The summed E-state index contributed by atoms with van der Waals surface area (Å²) in [6, 6.07) is 1.94. The van der Waals surface area contributed by atoms with Gasteiger partial charge in [-0.15, -0.1) is 0 Å². The average molecular weight is 180 g/mol. The second-order valence-corrected chi connectivity index (χ2v) is 2.93. The summed E-state index contributed by atoms with van der Waals surface area (Å²) in [5, 5.41) is 2.99. The van der Waals surface area contributed by atoms with Crippen LogP contribution in [0.3, 0.4) is 0 Å². The Morgan fingerprint density at radius 2 is 2.23 bits per heavy atom. The lowest BCUT2D eigenvalue weighted by Crippen LogP contribution is -2.19. The molecule has 4 nitrogen and oxygen atoms in total. The van der Waals surface area contributed by atoms with Crippen molar-refractivity contribution in [1.29, 1.82) is 0 Å². The molecule has 0 radical (unpaired) electrons. The standard InChI is InChI=1S/C9H16N4/c1-4-5-13(3)9-6-8(10-2)11-7-12-9/h6-7H,4-5H2,1-3H3,(H,10,11,12). The number of anilines is 2. The van der Waals surface area contributed by atoms with Crippen LogP contribution >= 0.6 is 0 Å². The Labute approximate surface area is 79.0 Å². The molecule has 0 atom stereocenters. The number of nitrogens with zero attached hydrogens (tertiary/aromatic N) is 3. The van der Waals surface area contributed by atoms with Crippen molar-refractivity contribution >= 4 is 11.6 Å². The minimum atomic E-state index is 0.855. The van der Waals surface area contributed by atoms with Crippen LogP contribution in [0.5, 0.6) is 0 Å². The zero-order chi connectivity index (χ0) is 9.68. The van der Waals surface area contributed by atoms with Crippen molar-refractivity contribution < 1.29 is 0 Å². The molecule has 0 saturated heterocycles. The SMILES string of the molecule is CCCN(C)c1cc(NC)ncn1. The first kappa shape index (κ1) is 9.77. The molecule has 0 fully saturated rings. The molecule has 0 bridgehead atoms. The fourth-order valence-electron chi connectivity index (χ4n) is 1.14. The predicted octanol–water partition coefficient (Wildman–Crippen LogP) is 1.36. The van der Waals surface area contributed by atoms with Gasteiger partial charge in [-0.1, -0.05) is 6.92 Å². The van der Waals surface area contributed by atoms with Crippen LogP contribution in [0.15, 0.2) is 12.4 Å². The largest absolute Gasteiger partial charge is 0.373 e. The van der Waals surface area contributed by atoms with E-state index < -0.39 is 0 Å². The molecule has 0 aliphatic carbocycles. The fraction of sp³-hybridized carbons (Fsp3) is 0.556. The van der Waals surface area contributed by atoms with E-state index in [1.807, 2.05) is 20.2 Å². The third-order valence-corrected chi connectivity index (χ3v) is 1.86. The summed E-state index contributed by atoms with van der Waals surface area (Å²) in [6.07, 6.45) is 2.70. The molecule has 4 heteroatoms. The van der Waals surface area contributed by atoms with Gasteiger partial charge in [-0.25, -0.2) is 9.97 Å². The highest BCUT2D eigenvalue weighted by molar-refractivity contribution is 5.47. The minimum absolute atomic E-state index is 0.855. The molecule has 1 rings (SSSR count). The van der Waals surface area contributed by atoms with Gasteiger partial charge in [0.1, 0.15) is 18.0 Å². The maximum Gasteiger partial charge on any atom is 0.133 e. The van der Waals surface area contributed by atoms with Gasteiger partial charge in [0.05, 0.1) is 0 Å². The van der Waals surface area contributed by atoms with E-state index in [2.05, 4.69) is 27.1 Å². The molecule has 1 N–H and O–H groups in total. The summed E-state index contributed by atoms with van der Waals surface area (Å²) in [6.45, 7) is 3.16. The molecule has 1 aromatic rings.